The van der Waals surface area contributed by atoms with Gasteiger partial charge in [-0.3, -0.25) is 44.1 Å². The maximum atomic E-state index is 13.3. The minimum absolute atomic E-state index is 0.0802. The molecule has 308 valence electrons. The number of rotatable bonds is 7. The van der Waals surface area contributed by atoms with Crippen LogP contribution >= 0.6 is 23.2 Å². The van der Waals surface area contributed by atoms with Crippen molar-refractivity contribution in [3.05, 3.63) is 69.2 Å². The van der Waals surface area contributed by atoms with Crippen molar-refractivity contribution in [2.24, 2.45) is 0 Å². The number of likely N-dealkylation sites (tertiary alicyclic amines) is 2. The summed E-state index contributed by atoms with van der Waals surface area (Å²) in [6.45, 7) is 8.79. The average Bonchev–Trinajstić information content (AvgIpc) is 3.68. The number of nitrogens with one attached hydrogen (secondary N) is 2. The van der Waals surface area contributed by atoms with Gasteiger partial charge in [-0.05, 0) is 42.8 Å². The van der Waals surface area contributed by atoms with Gasteiger partial charge in [0.1, 0.15) is 23.1 Å². The van der Waals surface area contributed by atoms with Crippen molar-refractivity contribution >= 4 is 69.2 Å². The Kier molecular flexibility index (Phi) is 9.13. The highest BCUT2D eigenvalue weighted by Crippen LogP contribution is 2.41. The molecule has 5 saturated heterocycles. The number of anilines is 2. The Morgan fingerprint density at radius 3 is 2.07 bits per heavy atom. The second kappa shape index (κ2) is 14.1. The Bertz CT molecular complexity index is 2440. The molecule has 19 heteroatoms. The number of aromatic nitrogens is 2. The Morgan fingerprint density at radius 2 is 1.39 bits per heavy atom. The smallest absolute Gasteiger partial charge is 0.416 e. The number of H-pyrrole nitrogens is 1. The number of imide groups is 2. The van der Waals surface area contributed by atoms with Crippen molar-refractivity contribution in [1.29, 1.82) is 0 Å². The quantitative estimate of drug-likeness (QED) is 0.232. The number of nitrogens with zero attached hydrogens (tertiary/aromatic N) is 7. The van der Waals surface area contributed by atoms with Crippen LogP contribution < -0.4 is 15.1 Å². The molecular weight excluding hydrogens is 814 g/mol. The average molecular weight is 853 g/mol. The van der Waals surface area contributed by atoms with Crippen LogP contribution in [0, 0.1) is 0 Å². The largest absolute Gasteiger partial charge is 0.507 e. The Morgan fingerprint density at radius 1 is 0.729 bits per heavy atom. The van der Waals surface area contributed by atoms with E-state index in [-0.39, 0.29) is 51.6 Å². The number of hydrogen-bond acceptors (Lipinski definition) is 11. The molecule has 1 unspecified atom stereocenters. The number of hydrogen-bond donors (Lipinski definition) is 3. The summed E-state index contributed by atoms with van der Waals surface area (Å²) < 4.78 is 40.0. The number of carbonyl (C=O) groups is 4. The lowest BCUT2D eigenvalue weighted by Crippen LogP contribution is -2.74. The first-order valence-electron chi connectivity index (χ1n) is 19.6. The van der Waals surface area contributed by atoms with Crippen LogP contribution in [0.4, 0.5) is 24.5 Å². The van der Waals surface area contributed by atoms with E-state index in [1.807, 2.05) is 6.07 Å². The molecule has 6 aliphatic rings. The minimum atomic E-state index is -4.57. The molecule has 7 heterocycles. The maximum Gasteiger partial charge on any atom is 0.416 e. The number of benzene rings is 3. The zero-order valence-electron chi connectivity index (χ0n) is 31.4. The van der Waals surface area contributed by atoms with Crippen molar-refractivity contribution < 1.29 is 37.5 Å². The lowest BCUT2D eigenvalue weighted by molar-refractivity contribution is -0.138. The van der Waals surface area contributed by atoms with E-state index < -0.39 is 41.4 Å². The summed E-state index contributed by atoms with van der Waals surface area (Å²) in [5, 5.41) is 13.5. The van der Waals surface area contributed by atoms with Crippen LogP contribution in [0.2, 0.25) is 10.0 Å². The number of halogens is 5. The van der Waals surface area contributed by atoms with Gasteiger partial charge in [0.15, 0.2) is 0 Å². The van der Waals surface area contributed by atoms with Crippen LogP contribution in [-0.2, 0) is 15.8 Å². The van der Waals surface area contributed by atoms with Gasteiger partial charge in [-0.15, -0.1) is 0 Å². The van der Waals surface area contributed by atoms with Gasteiger partial charge >= 0.3 is 6.18 Å². The molecule has 0 spiro atoms. The SMILES string of the molecule is O=C1CCC(N2C(=O)c3ccc(N4CC(N5CC(N6CC(N7CCN(c8cc(O)c(-c9nc%10c(Cl)cc(C(F)(F)F)cc%10[nH]9)cc8Cl)CC7)C6)C5)C4)cc3C2=O)C(=O)N1. The van der Waals surface area contributed by atoms with Crippen LogP contribution in [0.5, 0.6) is 5.75 Å². The fourth-order valence-corrected chi connectivity index (χ4v) is 9.81. The summed E-state index contributed by atoms with van der Waals surface area (Å²) in [5.74, 6) is -1.97. The van der Waals surface area contributed by atoms with Crippen molar-refractivity contribution in [1.82, 2.24) is 34.9 Å². The number of alkyl halides is 3. The summed E-state index contributed by atoms with van der Waals surface area (Å²) in [4.78, 5) is 70.4. The van der Waals surface area contributed by atoms with E-state index in [1.54, 1.807) is 24.3 Å². The van der Waals surface area contributed by atoms with E-state index in [0.29, 0.717) is 34.4 Å². The van der Waals surface area contributed by atoms with Crippen molar-refractivity contribution in [3.8, 4) is 17.1 Å². The molecule has 0 saturated carbocycles. The van der Waals surface area contributed by atoms with Gasteiger partial charge < -0.3 is 19.9 Å². The summed E-state index contributed by atoms with van der Waals surface area (Å²) in [7, 11) is 0. The monoisotopic (exact) mass is 851 g/mol. The fourth-order valence-electron chi connectivity index (χ4n) is 9.26. The third-order valence-electron chi connectivity index (χ3n) is 12.8. The molecule has 59 heavy (non-hydrogen) atoms. The van der Waals surface area contributed by atoms with E-state index in [2.05, 4.69) is 39.8 Å². The van der Waals surface area contributed by atoms with Crippen LogP contribution in [0.15, 0.2) is 42.5 Å². The summed E-state index contributed by atoms with van der Waals surface area (Å²) in [5.41, 5.74) is 1.74. The maximum absolute atomic E-state index is 13.3. The number of aromatic hydroxyl groups is 1. The molecule has 3 N–H and O–H groups in total. The van der Waals surface area contributed by atoms with Crippen LogP contribution in [0.3, 0.4) is 0 Å². The van der Waals surface area contributed by atoms with Crippen molar-refractivity contribution in [2.75, 3.05) is 75.2 Å². The van der Waals surface area contributed by atoms with E-state index in [4.69, 9.17) is 23.2 Å². The molecule has 4 amide bonds. The third-order valence-corrected chi connectivity index (χ3v) is 13.4. The first-order chi connectivity index (χ1) is 28.2. The van der Waals surface area contributed by atoms with Gasteiger partial charge in [-0.1, -0.05) is 23.2 Å². The highest BCUT2D eigenvalue weighted by Gasteiger charge is 2.47. The molecule has 0 bridgehead atoms. The number of phenolic OH excluding ortho intramolecular Hbond substituents is 1. The van der Waals surface area contributed by atoms with Gasteiger partial charge in [-0.25, -0.2) is 4.98 Å². The number of aromatic amines is 1. The molecule has 6 aliphatic heterocycles. The van der Waals surface area contributed by atoms with E-state index in [9.17, 15) is 37.5 Å². The van der Waals surface area contributed by atoms with E-state index in [1.165, 1.54) is 0 Å². The number of phenols is 1. The molecule has 0 radical (unpaired) electrons. The van der Waals surface area contributed by atoms with Gasteiger partial charge in [0.05, 0.1) is 43.5 Å². The molecule has 5 fully saturated rings. The second-order valence-corrected chi connectivity index (χ2v) is 17.0. The summed E-state index contributed by atoms with van der Waals surface area (Å²) in [6.07, 6.45) is -4.37. The van der Waals surface area contributed by atoms with Crippen LogP contribution in [-0.4, -0.2) is 148 Å². The molecular formula is C40H38Cl2F3N9O5. The van der Waals surface area contributed by atoms with E-state index >= 15 is 0 Å². The van der Waals surface area contributed by atoms with Gasteiger partial charge in [0.2, 0.25) is 11.8 Å². The Hall–Kier alpha value is -4.94. The molecule has 10 rings (SSSR count). The first-order valence-corrected chi connectivity index (χ1v) is 20.3. The highest BCUT2D eigenvalue weighted by atomic mass is 35.5. The zero-order chi connectivity index (χ0) is 41.1. The first kappa shape index (κ1) is 38.3. The second-order valence-electron chi connectivity index (χ2n) is 16.2. The number of piperazine rings is 1. The van der Waals surface area contributed by atoms with Gasteiger partial charge in [0, 0.05) is 102 Å². The topological polar surface area (TPSA) is 149 Å². The van der Waals surface area contributed by atoms with E-state index in [0.717, 1.165) is 88.2 Å². The minimum Gasteiger partial charge on any atom is -0.507 e. The predicted octanol–water partition coefficient (Wildman–Crippen LogP) is 4.04. The standard InChI is InChI=1S/C40H38Cl2F3N9O5/c41-28-12-27(36-46-30-10-20(40(43,44)45)9-29(42)35(30)48-36)33(55)13-32(28)50-7-5-49(6-8-50)22-14-52(15-22)24-18-53(19-24)23-16-51(17-23)21-1-2-25-26(11-21)39(59)54(38(25)58)31-3-4-34(56)47-37(31)57/h1-2,9-13,22-24,31,55H,3-8,14-19H2,(H,46,48)(H,47,56,57). The summed E-state index contributed by atoms with van der Waals surface area (Å²) in [6, 6.07) is 10.6. The van der Waals surface area contributed by atoms with Gasteiger partial charge in [-0.2, -0.15) is 13.2 Å². The lowest BCUT2D eigenvalue weighted by Gasteiger charge is -2.58. The fraction of sp³-hybridized carbons (Fsp3) is 0.425. The molecule has 4 aromatic rings. The molecule has 14 nitrogen and oxygen atoms in total. The van der Waals surface area contributed by atoms with Gasteiger partial charge in [0.25, 0.3) is 11.8 Å². The van der Waals surface area contributed by atoms with Crippen LogP contribution in [0.1, 0.15) is 39.1 Å². The number of piperidine rings is 1. The van der Waals surface area contributed by atoms with Crippen molar-refractivity contribution in [3.63, 3.8) is 0 Å². The molecule has 1 atom stereocenters. The Labute approximate surface area is 345 Å². The van der Waals surface area contributed by atoms with Crippen LogP contribution in [0.25, 0.3) is 22.4 Å². The molecule has 3 aromatic carbocycles. The molecule has 0 aliphatic carbocycles. The Balaban J connectivity index is 0.682. The normalized spacial score (nSPS) is 22.9. The summed E-state index contributed by atoms with van der Waals surface area (Å²) >= 11 is 12.9. The number of fused-ring (bicyclic) bond motifs is 2. The van der Waals surface area contributed by atoms with Crippen molar-refractivity contribution in [2.45, 2.75) is 43.2 Å². The number of imidazole rings is 1. The third kappa shape index (κ3) is 6.57. The number of amides is 4. The highest BCUT2D eigenvalue weighted by molar-refractivity contribution is 6.35. The zero-order valence-corrected chi connectivity index (χ0v) is 32.9. The molecule has 1 aromatic heterocycles. The predicted molar refractivity (Wildman–Crippen MR) is 212 cm³/mol. The lowest BCUT2D eigenvalue weighted by atomic mass is 9.94. The number of carbonyl (C=O) groups excluding carboxylic acids is 4.